The molecule has 1 aliphatic rings. The first-order valence-corrected chi connectivity index (χ1v) is 15.4. The van der Waals surface area contributed by atoms with Crippen molar-refractivity contribution in [3.63, 3.8) is 0 Å². The molecule has 1 fully saturated rings. The summed E-state index contributed by atoms with van der Waals surface area (Å²) in [5.74, 6) is 0.155. The number of para-hydroxylation sites is 1. The summed E-state index contributed by atoms with van der Waals surface area (Å²) in [6.07, 6.45) is -0.336. The summed E-state index contributed by atoms with van der Waals surface area (Å²) in [5, 5.41) is 9.38. The van der Waals surface area contributed by atoms with E-state index in [1.165, 1.54) is 23.9 Å². The van der Waals surface area contributed by atoms with Crippen LogP contribution in [-0.2, 0) is 16.6 Å². The SMILES string of the molecule is Cc1c(-n2c(SCC(=O)N3CCOC(c4ccc(F)cc4)C3)nnc2-c2ccccc2Br)c(=O)n(-c2ccccc2)n1C. The molecule has 3 heterocycles. The predicted molar refractivity (Wildman–Crippen MR) is 166 cm³/mol. The molecule has 9 nitrogen and oxygen atoms in total. The topological polar surface area (TPSA) is 87.2 Å². The summed E-state index contributed by atoms with van der Waals surface area (Å²) in [7, 11) is 1.84. The van der Waals surface area contributed by atoms with Gasteiger partial charge < -0.3 is 9.64 Å². The number of halogens is 2. The molecule has 12 heteroatoms. The molecule has 5 aromatic rings. The number of aromatic nitrogens is 5. The van der Waals surface area contributed by atoms with Crippen LogP contribution in [0.4, 0.5) is 4.39 Å². The summed E-state index contributed by atoms with van der Waals surface area (Å²) in [5.41, 5.74) is 3.19. The van der Waals surface area contributed by atoms with Crippen LogP contribution in [0.25, 0.3) is 22.8 Å². The van der Waals surface area contributed by atoms with Crippen molar-refractivity contribution in [1.82, 2.24) is 29.0 Å². The van der Waals surface area contributed by atoms with Crippen molar-refractivity contribution in [1.29, 1.82) is 0 Å². The second kappa shape index (κ2) is 12.3. The summed E-state index contributed by atoms with van der Waals surface area (Å²) in [4.78, 5) is 29.2. The Bertz CT molecular complexity index is 1840. The fraction of sp³-hybridized carbons (Fsp3) is 0.226. The van der Waals surface area contributed by atoms with Gasteiger partial charge in [0, 0.05) is 23.6 Å². The highest BCUT2D eigenvalue weighted by molar-refractivity contribution is 9.10. The monoisotopic (exact) mass is 662 g/mol. The third-order valence-corrected chi connectivity index (χ3v) is 9.09. The third kappa shape index (κ3) is 5.69. The lowest BCUT2D eigenvalue weighted by Gasteiger charge is -2.33. The number of benzene rings is 3. The molecule has 2 aromatic heterocycles. The molecule has 1 aliphatic heterocycles. The maximum atomic E-state index is 14.0. The number of hydrogen-bond acceptors (Lipinski definition) is 6. The molecule has 1 unspecified atom stereocenters. The molecule has 220 valence electrons. The zero-order valence-corrected chi connectivity index (χ0v) is 25.9. The average Bonchev–Trinajstić information content (AvgIpc) is 3.53. The molecule has 0 radical (unpaired) electrons. The number of thioether (sulfide) groups is 1. The Morgan fingerprint density at radius 1 is 1.05 bits per heavy atom. The molecule has 43 heavy (non-hydrogen) atoms. The molecule has 1 amide bonds. The van der Waals surface area contributed by atoms with Gasteiger partial charge in [-0.25, -0.2) is 9.07 Å². The Morgan fingerprint density at radius 2 is 1.77 bits per heavy atom. The van der Waals surface area contributed by atoms with Crippen LogP contribution < -0.4 is 5.56 Å². The molecule has 1 saturated heterocycles. The van der Waals surface area contributed by atoms with Crippen LogP contribution in [0.2, 0.25) is 0 Å². The van der Waals surface area contributed by atoms with Crippen LogP contribution in [0.15, 0.2) is 93.3 Å². The Kier molecular flexibility index (Phi) is 8.33. The number of morpholine rings is 1. The Morgan fingerprint density at radius 3 is 2.51 bits per heavy atom. The van der Waals surface area contributed by atoms with Crippen molar-refractivity contribution < 1.29 is 13.9 Å². The molecule has 0 spiro atoms. The Hall–Kier alpha value is -4.00. The molecular weight excluding hydrogens is 635 g/mol. The molecular formula is C31H28BrFN6O3S. The Balaban J connectivity index is 1.33. The van der Waals surface area contributed by atoms with Gasteiger partial charge in [0.25, 0.3) is 5.56 Å². The van der Waals surface area contributed by atoms with Gasteiger partial charge in [0.1, 0.15) is 17.6 Å². The smallest absolute Gasteiger partial charge is 0.296 e. The highest BCUT2D eigenvalue weighted by Gasteiger charge is 2.29. The molecule has 3 aromatic carbocycles. The van der Waals surface area contributed by atoms with Crippen LogP contribution >= 0.6 is 27.7 Å². The number of carbonyl (C=O) groups excluding carboxylic acids is 1. The quantitative estimate of drug-likeness (QED) is 0.219. The van der Waals surface area contributed by atoms with E-state index in [4.69, 9.17) is 4.74 Å². The van der Waals surface area contributed by atoms with E-state index < -0.39 is 0 Å². The van der Waals surface area contributed by atoms with Crippen LogP contribution in [0.1, 0.15) is 17.4 Å². The first kappa shape index (κ1) is 29.1. The number of nitrogens with zero attached hydrogens (tertiary/aromatic N) is 6. The van der Waals surface area contributed by atoms with Gasteiger partial charge in [-0.2, -0.15) is 0 Å². The van der Waals surface area contributed by atoms with E-state index >= 15 is 0 Å². The second-order valence-electron chi connectivity index (χ2n) is 10.1. The molecule has 6 rings (SSSR count). The van der Waals surface area contributed by atoms with E-state index in [0.717, 1.165) is 21.3 Å². The van der Waals surface area contributed by atoms with E-state index in [2.05, 4.69) is 26.1 Å². The largest absolute Gasteiger partial charge is 0.370 e. The lowest BCUT2D eigenvalue weighted by Crippen LogP contribution is -2.43. The number of rotatable bonds is 7. The summed E-state index contributed by atoms with van der Waals surface area (Å²) in [6, 6.07) is 23.2. The summed E-state index contributed by atoms with van der Waals surface area (Å²) < 4.78 is 25.3. The number of ether oxygens (including phenoxy) is 1. The van der Waals surface area contributed by atoms with Crippen molar-refractivity contribution in [2.75, 3.05) is 25.4 Å². The van der Waals surface area contributed by atoms with Gasteiger partial charge in [0.15, 0.2) is 11.0 Å². The van der Waals surface area contributed by atoms with Crippen molar-refractivity contribution in [2.45, 2.75) is 18.2 Å². The lowest BCUT2D eigenvalue weighted by molar-refractivity contribution is -0.136. The molecule has 0 bridgehead atoms. The minimum Gasteiger partial charge on any atom is -0.370 e. The summed E-state index contributed by atoms with van der Waals surface area (Å²) >= 11 is 4.84. The zero-order valence-electron chi connectivity index (χ0n) is 23.5. The highest BCUT2D eigenvalue weighted by Crippen LogP contribution is 2.33. The fourth-order valence-electron chi connectivity index (χ4n) is 5.17. The lowest BCUT2D eigenvalue weighted by atomic mass is 10.1. The van der Waals surface area contributed by atoms with Crippen molar-refractivity contribution in [3.8, 4) is 22.8 Å². The maximum absolute atomic E-state index is 14.0. The molecule has 0 aliphatic carbocycles. The van der Waals surface area contributed by atoms with Gasteiger partial charge in [-0.15, -0.1) is 10.2 Å². The standard InChI is InChI=1S/C31H28BrFN6O3S/c1-20-28(30(41)39(36(20)2)23-8-4-3-5-9-23)38-29(24-10-6-7-11-25(24)32)34-35-31(38)43-19-27(40)37-16-17-42-26(18-37)21-12-14-22(33)15-13-21/h3-15,26H,16-19H2,1-2H3. The van der Waals surface area contributed by atoms with Gasteiger partial charge in [-0.1, -0.05) is 76.2 Å². The van der Waals surface area contributed by atoms with Crippen LogP contribution in [0, 0.1) is 12.7 Å². The molecule has 0 saturated carbocycles. The van der Waals surface area contributed by atoms with Crippen molar-refractivity contribution in [3.05, 3.63) is 111 Å². The molecule has 0 N–H and O–H groups in total. The Labute approximate surface area is 260 Å². The zero-order chi connectivity index (χ0) is 30.1. The molecule has 1 atom stereocenters. The number of hydrogen-bond donors (Lipinski definition) is 0. The van der Waals surface area contributed by atoms with E-state index in [9.17, 15) is 14.0 Å². The van der Waals surface area contributed by atoms with Crippen molar-refractivity contribution >= 4 is 33.6 Å². The average molecular weight is 664 g/mol. The maximum Gasteiger partial charge on any atom is 0.296 e. The van der Waals surface area contributed by atoms with E-state index in [1.54, 1.807) is 31.0 Å². The van der Waals surface area contributed by atoms with E-state index in [1.807, 2.05) is 68.6 Å². The first-order chi connectivity index (χ1) is 20.8. The van der Waals surface area contributed by atoms with Gasteiger partial charge in [-0.05, 0) is 42.8 Å². The van der Waals surface area contributed by atoms with Gasteiger partial charge in [0.05, 0.1) is 30.3 Å². The minimum absolute atomic E-state index is 0.0863. The van der Waals surface area contributed by atoms with E-state index in [-0.39, 0.29) is 29.1 Å². The van der Waals surface area contributed by atoms with Crippen LogP contribution in [-0.4, -0.2) is 60.4 Å². The fourth-order valence-corrected chi connectivity index (χ4v) is 6.47. The van der Waals surface area contributed by atoms with E-state index in [0.29, 0.717) is 42.1 Å². The number of amides is 1. The van der Waals surface area contributed by atoms with Crippen LogP contribution in [0.5, 0.6) is 0 Å². The predicted octanol–water partition coefficient (Wildman–Crippen LogP) is 5.33. The first-order valence-electron chi connectivity index (χ1n) is 13.7. The van der Waals surface area contributed by atoms with Crippen LogP contribution in [0.3, 0.4) is 0 Å². The van der Waals surface area contributed by atoms with Crippen molar-refractivity contribution in [2.24, 2.45) is 7.05 Å². The number of carbonyl (C=O) groups is 1. The summed E-state index contributed by atoms with van der Waals surface area (Å²) in [6.45, 7) is 3.07. The van der Waals surface area contributed by atoms with Gasteiger partial charge in [-0.3, -0.25) is 18.8 Å². The third-order valence-electron chi connectivity index (χ3n) is 7.48. The second-order valence-corrected chi connectivity index (χ2v) is 11.9. The minimum atomic E-state index is -0.336. The van der Waals surface area contributed by atoms with Gasteiger partial charge >= 0.3 is 0 Å². The van der Waals surface area contributed by atoms with Gasteiger partial charge in [0.2, 0.25) is 5.91 Å². The normalized spacial score (nSPS) is 15.2. The highest BCUT2D eigenvalue weighted by atomic mass is 79.9.